The topological polar surface area (TPSA) is 97.1 Å². The Morgan fingerprint density at radius 3 is 2.56 bits per heavy atom. The molecule has 0 aliphatic heterocycles. The van der Waals surface area contributed by atoms with Gasteiger partial charge in [0.05, 0.1) is 17.7 Å². The first kappa shape index (κ1) is 24.5. The van der Waals surface area contributed by atoms with Crippen molar-refractivity contribution in [2.45, 2.75) is 20.0 Å². The summed E-state index contributed by atoms with van der Waals surface area (Å²) in [5, 5.41) is 27.5. The molecule has 0 aliphatic rings. The highest BCUT2D eigenvalue weighted by atomic mass is 32.1. The van der Waals surface area contributed by atoms with Crippen LogP contribution in [0.3, 0.4) is 0 Å². The van der Waals surface area contributed by atoms with Crippen LogP contribution in [-0.2, 0) is 13.1 Å². The lowest BCUT2D eigenvalue weighted by Gasteiger charge is -2.12. The standard InChI is InChI=1S/C31H24N4O3S/c1-19-12-23(31(37)38)8-9-24(19)16-32-30(36)27-14-26(25-10-11-39-18-25)15-28-29(27)35(34-33-28)17-20-6-7-21-4-2-3-5-22(21)13-20/h2-15,18H,16-17H2,1H3,(H,32,36)(H,37,38). The summed E-state index contributed by atoms with van der Waals surface area (Å²) in [6.45, 7) is 2.57. The van der Waals surface area contributed by atoms with E-state index in [0.29, 0.717) is 23.1 Å². The molecule has 0 atom stereocenters. The highest BCUT2D eigenvalue weighted by molar-refractivity contribution is 7.08. The molecular weight excluding hydrogens is 508 g/mol. The monoisotopic (exact) mass is 532 g/mol. The molecule has 0 saturated heterocycles. The van der Waals surface area contributed by atoms with E-state index in [0.717, 1.165) is 38.6 Å². The number of fused-ring (bicyclic) bond motifs is 2. The van der Waals surface area contributed by atoms with Gasteiger partial charge in [-0.15, -0.1) is 5.10 Å². The molecular formula is C31H24N4O3S. The fraction of sp³-hybridized carbons (Fsp3) is 0.0968. The van der Waals surface area contributed by atoms with E-state index in [9.17, 15) is 14.7 Å². The number of hydrogen-bond donors (Lipinski definition) is 2. The predicted octanol–water partition coefficient (Wildman–Crippen LogP) is 6.30. The Morgan fingerprint density at radius 2 is 1.79 bits per heavy atom. The molecule has 0 unspecified atom stereocenters. The average Bonchev–Trinajstić information content (AvgIpc) is 3.62. The third kappa shape index (κ3) is 4.89. The van der Waals surface area contributed by atoms with E-state index in [-0.39, 0.29) is 18.0 Å². The van der Waals surface area contributed by atoms with Gasteiger partial charge in [0.15, 0.2) is 0 Å². The van der Waals surface area contributed by atoms with Crippen LogP contribution in [-0.4, -0.2) is 32.0 Å². The lowest BCUT2D eigenvalue weighted by atomic mass is 10.0. The predicted molar refractivity (Wildman–Crippen MR) is 153 cm³/mol. The Morgan fingerprint density at radius 1 is 0.949 bits per heavy atom. The molecule has 6 rings (SSSR count). The number of aromatic carboxylic acids is 1. The summed E-state index contributed by atoms with van der Waals surface area (Å²) in [5.41, 5.74) is 6.63. The van der Waals surface area contributed by atoms with E-state index < -0.39 is 5.97 Å². The van der Waals surface area contributed by atoms with E-state index >= 15 is 0 Å². The fourth-order valence-corrected chi connectivity index (χ4v) is 5.47. The van der Waals surface area contributed by atoms with Crippen molar-refractivity contribution >= 4 is 45.0 Å². The maximum Gasteiger partial charge on any atom is 0.335 e. The molecule has 8 heteroatoms. The zero-order valence-corrected chi connectivity index (χ0v) is 21.9. The van der Waals surface area contributed by atoms with Gasteiger partial charge in [0.25, 0.3) is 5.91 Å². The van der Waals surface area contributed by atoms with Crippen molar-refractivity contribution in [1.29, 1.82) is 0 Å². The van der Waals surface area contributed by atoms with Gasteiger partial charge in [-0.3, -0.25) is 4.79 Å². The van der Waals surface area contributed by atoms with Crippen LogP contribution in [0, 0.1) is 6.92 Å². The van der Waals surface area contributed by atoms with Crippen LogP contribution in [0.1, 0.15) is 37.4 Å². The number of amides is 1. The molecule has 192 valence electrons. The van der Waals surface area contributed by atoms with Crippen molar-refractivity contribution in [2.24, 2.45) is 0 Å². The molecule has 0 bridgehead atoms. The Labute approximate surface area is 228 Å². The highest BCUT2D eigenvalue weighted by Crippen LogP contribution is 2.29. The molecule has 0 fully saturated rings. The summed E-state index contributed by atoms with van der Waals surface area (Å²) in [4.78, 5) is 24.9. The van der Waals surface area contributed by atoms with Crippen molar-refractivity contribution in [3.8, 4) is 11.1 Å². The third-order valence-corrected chi connectivity index (χ3v) is 7.57. The Balaban J connectivity index is 1.36. The van der Waals surface area contributed by atoms with Gasteiger partial charge in [-0.05, 0) is 92.7 Å². The second-order valence-electron chi connectivity index (χ2n) is 9.46. The number of hydrogen-bond acceptors (Lipinski definition) is 5. The molecule has 1 amide bonds. The van der Waals surface area contributed by atoms with E-state index in [4.69, 9.17) is 0 Å². The van der Waals surface area contributed by atoms with E-state index in [2.05, 4.69) is 46.0 Å². The first-order valence-corrected chi connectivity index (χ1v) is 13.4. The molecule has 0 aliphatic carbocycles. The molecule has 2 aromatic heterocycles. The number of aryl methyl sites for hydroxylation is 1. The zero-order chi connectivity index (χ0) is 26.9. The van der Waals surface area contributed by atoms with Gasteiger partial charge in [-0.2, -0.15) is 11.3 Å². The van der Waals surface area contributed by atoms with Gasteiger partial charge in [0, 0.05) is 6.54 Å². The Kier molecular flexibility index (Phi) is 6.38. The van der Waals surface area contributed by atoms with Crippen LogP contribution in [0.25, 0.3) is 32.9 Å². The molecule has 39 heavy (non-hydrogen) atoms. The SMILES string of the molecule is Cc1cc(C(=O)O)ccc1CNC(=O)c1cc(-c2ccsc2)cc2nnn(Cc3ccc4ccccc4c3)c12. The van der Waals surface area contributed by atoms with Gasteiger partial charge in [0.1, 0.15) is 11.0 Å². The van der Waals surface area contributed by atoms with Crippen molar-refractivity contribution in [2.75, 3.05) is 0 Å². The summed E-state index contributed by atoms with van der Waals surface area (Å²) in [6, 6.07) is 25.2. The van der Waals surface area contributed by atoms with Gasteiger partial charge >= 0.3 is 5.97 Å². The number of benzene rings is 4. The molecule has 7 nitrogen and oxygen atoms in total. The number of carbonyl (C=O) groups is 2. The second kappa shape index (κ2) is 10.2. The summed E-state index contributed by atoms with van der Waals surface area (Å²) in [7, 11) is 0. The van der Waals surface area contributed by atoms with Crippen LogP contribution in [0.2, 0.25) is 0 Å². The maximum atomic E-state index is 13.6. The number of rotatable bonds is 7. The normalized spacial score (nSPS) is 11.2. The number of carboxylic acids is 1. The number of carboxylic acid groups (broad SMARTS) is 1. The average molecular weight is 533 g/mol. The summed E-state index contributed by atoms with van der Waals surface area (Å²) in [6.07, 6.45) is 0. The van der Waals surface area contributed by atoms with Gasteiger partial charge in [0.2, 0.25) is 0 Å². The first-order chi connectivity index (χ1) is 19.0. The van der Waals surface area contributed by atoms with E-state index in [1.54, 1.807) is 34.2 Å². The number of nitrogens with one attached hydrogen (secondary N) is 1. The van der Waals surface area contributed by atoms with Gasteiger partial charge in [-0.25, -0.2) is 9.48 Å². The van der Waals surface area contributed by atoms with Gasteiger partial charge in [-0.1, -0.05) is 47.7 Å². The molecule has 0 radical (unpaired) electrons. The lowest BCUT2D eigenvalue weighted by molar-refractivity contribution is 0.0696. The minimum absolute atomic E-state index is 0.219. The fourth-order valence-electron chi connectivity index (χ4n) is 4.80. The minimum Gasteiger partial charge on any atom is -0.478 e. The largest absolute Gasteiger partial charge is 0.478 e. The summed E-state index contributed by atoms with van der Waals surface area (Å²) < 4.78 is 1.78. The van der Waals surface area contributed by atoms with Crippen molar-refractivity contribution in [3.63, 3.8) is 0 Å². The van der Waals surface area contributed by atoms with Crippen LogP contribution >= 0.6 is 11.3 Å². The molecule has 2 heterocycles. The maximum absolute atomic E-state index is 13.6. The van der Waals surface area contributed by atoms with Crippen LogP contribution in [0.15, 0.2) is 89.6 Å². The van der Waals surface area contributed by atoms with Gasteiger partial charge < -0.3 is 10.4 Å². The lowest BCUT2D eigenvalue weighted by Crippen LogP contribution is -2.24. The summed E-state index contributed by atoms with van der Waals surface area (Å²) in [5.74, 6) is -1.23. The van der Waals surface area contributed by atoms with Crippen LogP contribution < -0.4 is 5.32 Å². The molecule has 0 saturated carbocycles. The number of nitrogens with zero attached hydrogens (tertiary/aromatic N) is 3. The molecule has 4 aromatic carbocycles. The Bertz CT molecular complexity index is 1860. The number of aromatic nitrogens is 3. The van der Waals surface area contributed by atoms with Crippen LogP contribution in [0.5, 0.6) is 0 Å². The smallest absolute Gasteiger partial charge is 0.335 e. The third-order valence-electron chi connectivity index (χ3n) is 6.88. The number of carbonyl (C=O) groups excluding carboxylic acids is 1. The first-order valence-electron chi connectivity index (χ1n) is 12.4. The quantitative estimate of drug-likeness (QED) is 0.252. The number of thiophene rings is 1. The Hall–Kier alpha value is -4.82. The van der Waals surface area contributed by atoms with Crippen LogP contribution in [0.4, 0.5) is 0 Å². The molecule has 0 spiro atoms. The molecule has 2 N–H and O–H groups in total. The van der Waals surface area contributed by atoms with E-state index in [1.165, 1.54) is 0 Å². The second-order valence-corrected chi connectivity index (χ2v) is 10.2. The molecule has 6 aromatic rings. The minimum atomic E-state index is -0.978. The van der Waals surface area contributed by atoms with Crippen molar-refractivity contribution in [1.82, 2.24) is 20.3 Å². The van der Waals surface area contributed by atoms with Crippen molar-refractivity contribution in [3.05, 3.63) is 117 Å². The highest BCUT2D eigenvalue weighted by Gasteiger charge is 2.19. The van der Waals surface area contributed by atoms with E-state index in [1.807, 2.05) is 48.0 Å². The van der Waals surface area contributed by atoms with Crippen molar-refractivity contribution < 1.29 is 14.7 Å². The zero-order valence-electron chi connectivity index (χ0n) is 21.1. The summed E-state index contributed by atoms with van der Waals surface area (Å²) >= 11 is 1.59.